The van der Waals surface area contributed by atoms with Crippen molar-refractivity contribution in [2.24, 2.45) is 0 Å². The molecule has 1 aromatic rings. The van der Waals surface area contributed by atoms with Crippen LogP contribution in [0.25, 0.3) is 0 Å². The predicted molar refractivity (Wildman–Crippen MR) is 97.3 cm³/mol. The largest absolute Gasteiger partial charge is 0.457 e. The van der Waals surface area contributed by atoms with Crippen molar-refractivity contribution in [3.05, 3.63) is 34.9 Å². The van der Waals surface area contributed by atoms with Crippen LogP contribution in [0.5, 0.6) is 0 Å². The number of nitrogens with zero attached hydrogens (tertiary/aromatic N) is 1. The summed E-state index contributed by atoms with van der Waals surface area (Å²) in [6, 6.07) is 5.18. The number of ether oxygens (including phenoxy) is 1. The number of benzene rings is 1. The van der Waals surface area contributed by atoms with Crippen molar-refractivity contribution in [2.45, 2.75) is 51.5 Å². The van der Waals surface area contributed by atoms with Crippen molar-refractivity contribution in [1.82, 2.24) is 10.2 Å². The minimum absolute atomic E-state index is 0.0367. The Morgan fingerprint density at radius 1 is 1.19 bits per heavy atom. The van der Waals surface area contributed by atoms with E-state index >= 15 is 0 Å². The maximum Gasteiger partial charge on any atom is 0.325 e. The van der Waals surface area contributed by atoms with Gasteiger partial charge in [0.15, 0.2) is 12.4 Å². The number of carbonyl (C=O) groups is 4. The number of esters is 1. The van der Waals surface area contributed by atoms with Gasteiger partial charge >= 0.3 is 12.0 Å². The number of fused-ring (bicyclic) bond motifs is 1. The van der Waals surface area contributed by atoms with Crippen molar-refractivity contribution in [3.63, 3.8) is 0 Å². The van der Waals surface area contributed by atoms with E-state index in [9.17, 15) is 19.2 Å². The van der Waals surface area contributed by atoms with Crippen LogP contribution in [0.1, 0.15) is 54.6 Å². The molecule has 144 valence electrons. The van der Waals surface area contributed by atoms with E-state index in [2.05, 4.69) is 5.32 Å². The SMILES string of the molecule is CC1(C)NC(=O)N(CCCC(=O)OCC(=O)c2ccc3c(c2)CCC3)C1=O. The van der Waals surface area contributed by atoms with Crippen LogP contribution in [-0.2, 0) is 27.2 Å². The molecule has 27 heavy (non-hydrogen) atoms. The summed E-state index contributed by atoms with van der Waals surface area (Å²) in [5.74, 6) is -1.06. The van der Waals surface area contributed by atoms with Crippen LogP contribution in [0.15, 0.2) is 18.2 Å². The Bertz CT molecular complexity index is 800. The van der Waals surface area contributed by atoms with E-state index in [4.69, 9.17) is 4.74 Å². The first kappa shape index (κ1) is 19.1. The van der Waals surface area contributed by atoms with Gasteiger partial charge in [-0.1, -0.05) is 12.1 Å². The first-order chi connectivity index (χ1) is 12.8. The van der Waals surface area contributed by atoms with Gasteiger partial charge in [0.25, 0.3) is 5.91 Å². The van der Waals surface area contributed by atoms with Gasteiger partial charge in [0.1, 0.15) is 5.54 Å². The molecule has 0 atom stereocenters. The molecule has 1 aliphatic carbocycles. The fourth-order valence-corrected chi connectivity index (χ4v) is 3.45. The van der Waals surface area contributed by atoms with Crippen LogP contribution in [0, 0.1) is 0 Å². The number of imide groups is 1. The van der Waals surface area contributed by atoms with E-state index in [1.165, 1.54) is 11.1 Å². The van der Waals surface area contributed by atoms with Gasteiger partial charge in [-0.3, -0.25) is 19.3 Å². The molecular formula is C20H24N2O5. The second kappa shape index (κ2) is 7.50. The second-order valence-corrected chi connectivity index (χ2v) is 7.54. The van der Waals surface area contributed by atoms with Crippen molar-refractivity contribution in [2.75, 3.05) is 13.2 Å². The molecule has 7 nitrogen and oxygen atoms in total. The molecule has 1 fully saturated rings. The van der Waals surface area contributed by atoms with E-state index in [0.717, 1.165) is 24.2 Å². The molecule has 7 heteroatoms. The fourth-order valence-electron chi connectivity index (χ4n) is 3.45. The third kappa shape index (κ3) is 4.18. The molecule has 3 rings (SSSR count). The van der Waals surface area contributed by atoms with Gasteiger partial charge in [-0.15, -0.1) is 0 Å². The van der Waals surface area contributed by atoms with E-state index in [-0.39, 0.29) is 31.3 Å². The number of hydrogen-bond acceptors (Lipinski definition) is 5. The lowest BCUT2D eigenvalue weighted by Crippen LogP contribution is -2.40. The Morgan fingerprint density at radius 3 is 2.63 bits per heavy atom. The zero-order valence-corrected chi connectivity index (χ0v) is 15.7. The molecule has 1 aromatic carbocycles. The van der Waals surface area contributed by atoms with Crippen molar-refractivity contribution in [1.29, 1.82) is 0 Å². The van der Waals surface area contributed by atoms with Gasteiger partial charge in [-0.25, -0.2) is 4.79 Å². The standard InChI is InChI=1S/C20H24N2O5/c1-20(2)18(25)22(19(26)21-20)10-4-7-17(24)27-12-16(23)15-9-8-13-5-3-6-14(13)11-15/h8-9,11H,3-7,10,12H2,1-2H3,(H,21,26). The fraction of sp³-hybridized carbons (Fsp3) is 0.500. The Balaban J connectivity index is 1.42. The van der Waals surface area contributed by atoms with Crippen molar-refractivity contribution >= 4 is 23.7 Å². The molecule has 3 amide bonds. The highest BCUT2D eigenvalue weighted by Crippen LogP contribution is 2.23. The van der Waals surface area contributed by atoms with Crippen molar-refractivity contribution in [3.8, 4) is 0 Å². The maximum atomic E-state index is 12.2. The molecule has 0 unspecified atom stereocenters. The van der Waals surface area contributed by atoms with Crippen LogP contribution < -0.4 is 5.32 Å². The number of rotatable bonds is 7. The number of carbonyl (C=O) groups excluding carboxylic acids is 4. The summed E-state index contributed by atoms with van der Waals surface area (Å²) < 4.78 is 5.04. The average molecular weight is 372 g/mol. The summed E-state index contributed by atoms with van der Waals surface area (Å²) in [7, 11) is 0. The molecule has 1 aliphatic heterocycles. The molecule has 0 spiro atoms. The number of aryl methyl sites for hydroxylation is 2. The van der Waals surface area contributed by atoms with E-state index < -0.39 is 17.5 Å². The maximum absolute atomic E-state index is 12.2. The van der Waals surface area contributed by atoms with Gasteiger partial charge in [0, 0.05) is 18.5 Å². The zero-order valence-electron chi connectivity index (χ0n) is 15.7. The Morgan fingerprint density at radius 2 is 1.93 bits per heavy atom. The van der Waals surface area contributed by atoms with Crippen LogP contribution >= 0.6 is 0 Å². The minimum Gasteiger partial charge on any atom is -0.457 e. The number of hydrogen-bond donors (Lipinski definition) is 1. The highest BCUT2D eigenvalue weighted by molar-refractivity contribution is 6.06. The Kier molecular flexibility index (Phi) is 5.30. The van der Waals surface area contributed by atoms with Gasteiger partial charge in [-0.2, -0.15) is 0 Å². The summed E-state index contributed by atoms with van der Waals surface area (Å²) in [5.41, 5.74) is 2.13. The monoisotopic (exact) mass is 372 g/mol. The van der Waals surface area contributed by atoms with Gasteiger partial charge in [-0.05, 0) is 56.7 Å². The molecule has 1 heterocycles. The van der Waals surface area contributed by atoms with Gasteiger partial charge in [0.05, 0.1) is 0 Å². The Hall–Kier alpha value is -2.70. The average Bonchev–Trinajstić information content (AvgIpc) is 3.16. The van der Waals surface area contributed by atoms with E-state index in [1.807, 2.05) is 12.1 Å². The minimum atomic E-state index is -0.917. The number of amides is 3. The van der Waals surface area contributed by atoms with Crippen LogP contribution in [0.3, 0.4) is 0 Å². The molecule has 0 radical (unpaired) electrons. The molecular weight excluding hydrogens is 348 g/mol. The number of Topliss-reactive ketones (excluding diaryl/α,β-unsaturated/α-hetero) is 1. The van der Waals surface area contributed by atoms with Gasteiger partial charge in [0.2, 0.25) is 0 Å². The first-order valence-electron chi connectivity index (χ1n) is 9.22. The second-order valence-electron chi connectivity index (χ2n) is 7.54. The quantitative estimate of drug-likeness (QED) is 0.449. The van der Waals surface area contributed by atoms with Gasteiger partial charge < -0.3 is 10.1 Å². The first-order valence-corrected chi connectivity index (χ1v) is 9.22. The Labute approximate surface area is 158 Å². The molecule has 0 bridgehead atoms. The third-order valence-electron chi connectivity index (χ3n) is 4.99. The summed E-state index contributed by atoms with van der Waals surface area (Å²) in [6.07, 6.45) is 3.47. The normalized spacial score (nSPS) is 17.6. The summed E-state index contributed by atoms with van der Waals surface area (Å²) >= 11 is 0. The number of ketones is 1. The lowest BCUT2D eigenvalue weighted by atomic mass is 10.0. The van der Waals surface area contributed by atoms with E-state index in [1.54, 1.807) is 19.9 Å². The van der Waals surface area contributed by atoms with Crippen molar-refractivity contribution < 1.29 is 23.9 Å². The highest BCUT2D eigenvalue weighted by Gasteiger charge is 2.43. The summed E-state index contributed by atoms with van der Waals surface area (Å²) in [4.78, 5) is 49.0. The number of urea groups is 1. The molecule has 2 aliphatic rings. The lowest BCUT2D eigenvalue weighted by Gasteiger charge is -2.15. The zero-order chi connectivity index (χ0) is 19.6. The summed E-state index contributed by atoms with van der Waals surface area (Å²) in [5, 5.41) is 2.58. The molecule has 1 N–H and O–H groups in total. The molecule has 0 saturated carbocycles. The molecule has 1 saturated heterocycles. The topological polar surface area (TPSA) is 92.8 Å². The summed E-state index contributed by atoms with van der Waals surface area (Å²) in [6.45, 7) is 3.11. The van der Waals surface area contributed by atoms with E-state index in [0.29, 0.717) is 12.0 Å². The highest BCUT2D eigenvalue weighted by atomic mass is 16.5. The predicted octanol–water partition coefficient (Wildman–Crippen LogP) is 2.01. The molecule has 0 aromatic heterocycles. The number of nitrogens with one attached hydrogen (secondary N) is 1. The van der Waals surface area contributed by atoms with Crippen LogP contribution in [-0.4, -0.2) is 47.3 Å². The van der Waals surface area contributed by atoms with Crippen LogP contribution in [0.2, 0.25) is 0 Å². The third-order valence-corrected chi connectivity index (χ3v) is 4.99. The van der Waals surface area contributed by atoms with Crippen LogP contribution in [0.4, 0.5) is 4.79 Å². The smallest absolute Gasteiger partial charge is 0.325 e. The lowest BCUT2D eigenvalue weighted by molar-refractivity contribution is -0.143.